The molecule has 0 unspecified atom stereocenters. The maximum Gasteiger partial charge on any atom is 0.243 e. The van der Waals surface area contributed by atoms with Crippen molar-refractivity contribution in [2.45, 2.75) is 62.3 Å². The monoisotopic (exact) mass is 455 g/mol. The van der Waals surface area contributed by atoms with Crippen LogP contribution in [0.4, 0.5) is 0 Å². The van der Waals surface area contributed by atoms with Gasteiger partial charge in [0.25, 0.3) is 0 Å². The second-order valence-electron chi connectivity index (χ2n) is 8.13. The number of rotatable bonds is 6. The zero-order chi connectivity index (χ0) is 21.6. The summed E-state index contributed by atoms with van der Waals surface area (Å²) in [6, 6.07) is 6.20. The molecule has 0 aromatic heterocycles. The summed E-state index contributed by atoms with van der Waals surface area (Å²) in [4.78, 5) is 24.9. The number of hydrogen-bond acceptors (Lipinski definition) is 4. The van der Waals surface area contributed by atoms with Crippen LogP contribution in [0.5, 0.6) is 0 Å². The van der Waals surface area contributed by atoms with E-state index >= 15 is 0 Å². The summed E-state index contributed by atoms with van der Waals surface area (Å²) in [6.07, 6.45) is 7.83. The van der Waals surface area contributed by atoms with E-state index in [2.05, 4.69) is 10.6 Å². The molecule has 1 aromatic carbocycles. The Morgan fingerprint density at radius 3 is 2.33 bits per heavy atom. The van der Waals surface area contributed by atoms with E-state index in [4.69, 9.17) is 11.6 Å². The van der Waals surface area contributed by atoms with Gasteiger partial charge in [-0.2, -0.15) is 4.31 Å². The summed E-state index contributed by atoms with van der Waals surface area (Å²) in [5.41, 5.74) is 0. The van der Waals surface area contributed by atoms with Gasteiger partial charge in [-0.15, -0.1) is 0 Å². The Kier molecular flexibility index (Phi) is 8.13. The molecule has 9 heteroatoms. The summed E-state index contributed by atoms with van der Waals surface area (Å²) < 4.78 is 27.1. The SMILES string of the molecule is O=C(CNC(=O)[C@@H]1CCCN(S(=O)(=O)c2ccc(Cl)cc2)C1)NC1CCCCCC1. The molecule has 2 fully saturated rings. The lowest BCUT2D eigenvalue weighted by molar-refractivity contribution is -0.129. The Balaban J connectivity index is 1.51. The molecule has 1 heterocycles. The normalized spacial score (nSPS) is 21.6. The van der Waals surface area contributed by atoms with Gasteiger partial charge in [0.2, 0.25) is 21.8 Å². The van der Waals surface area contributed by atoms with Gasteiger partial charge < -0.3 is 10.6 Å². The van der Waals surface area contributed by atoms with E-state index in [1.807, 2.05) is 0 Å². The molecule has 1 aromatic rings. The topological polar surface area (TPSA) is 95.6 Å². The highest BCUT2D eigenvalue weighted by atomic mass is 35.5. The Labute approximate surface area is 183 Å². The highest BCUT2D eigenvalue weighted by molar-refractivity contribution is 7.89. The molecular formula is C21H30ClN3O4S. The Morgan fingerprint density at radius 1 is 1.00 bits per heavy atom. The Bertz CT molecular complexity index is 836. The van der Waals surface area contributed by atoms with Crippen LogP contribution in [0.15, 0.2) is 29.2 Å². The van der Waals surface area contributed by atoms with E-state index in [9.17, 15) is 18.0 Å². The molecule has 1 aliphatic heterocycles. The smallest absolute Gasteiger partial charge is 0.243 e. The average molecular weight is 456 g/mol. The molecule has 166 valence electrons. The maximum atomic E-state index is 12.9. The molecule has 1 saturated carbocycles. The van der Waals surface area contributed by atoms with Gasteiger partial charge in [0, 0.05) is 24.2 Å². The third-order valence-corrected chi connectivity index (χ3v) is 7.98. The molecule has 0 bridgehead atoms. The number of carbonyl (C=O) groups excluding carboxylic acids is 2. The molecule has 1 atom stereocenters. The van der Waals surface area contributed by atoms with Crippen molar-refractivity contribution >= 4 is 33.4 Å². The summed E-state index contributed by atoms with van der Waals surface area (Å²) in [6.45, 7) is 0.410. The first-order valence-electron chi connectivity index (χ1n) is 10.7. The van der Waals surface area contributed by atoms with Gasteiger partial charge in [-0.25, -0.2) is 8.42 Å². The minimum absolute atomic E-state index is 0.0736. The van der Waals surface area contributed by atoms with Crippen molar-refractivity contribution in [1.82, 2.24) is 14.9 Å². The van der Waals surface area contributed by atoms with Gasteiger partial charge in [-0.05, 0) is 49.9 Å². The number of carbonyl (C=O) groups is 2. The van der Waals surface area contributed by atoms with Crippen LogP contribution in [0.2, 0.25) is 5.02 Å². The predicted molar refractivity (Wildman–Crippen MR) is 116 cm³/mol. The van der Waals surface area contributed by atoms with Crippen LogP contribution in [0.3, 0.4) is 0 Å². The fraction of sp³-hybridized carbons (Fsp3) is 0.619. The van der Waals surface area contributed by atoms with Crippen molar-refractivity contribution in [3.05, 3.63) is 29.3 Å². The van der Waals surface area contributed by atoms with Crippen LogP contribution in [-0.4, -0.2) is 50.2 Å². The maximum absolute atomic E-state index is 12.9. The lowest BCUT2D eigenvalue weighted by Crippen LogP contribution is -2.48. The molecule has 1 aliphatic carbocycles. The van der Waals surface area contributed by atoms with E-state index in [0.29, 0.717) is 24.4 Å². The third kappa shape index (κ3) is 6.18. The van der Waals surface area contributed by atoms with Crippen molar-refractivity contribution in [3.63, 3.8) is 0 Å². The molecule has 2 aliphatic rings. The first-order valence-corrected chi connectivity index (χ1v) is 12.5. The zero-order valence-corrected chi connectivity index (χ0v) is 18.7. The van der Waals surface area contributed by atoms with E-state index < -0.39 is 15.9 Å². The van der Waals surface area contributed by atoms with Crippen LogP contribution in [0.25, 0.3) is 0 Å². The highest BCUT2D eigenvalue weighted by Crippen LogP contribution is 2.25. The largest absolute Gasteiger partial charge is 0.352 e. The van der Waals surface area contributed by atoms with Crippen LogP contribution < -0.4 is 10.6 Å². The van der Waals surface area contributed by atoms with Crippen molar-refractivity contribution in [1.29, 1.82) is 0 Å². The molecule has 2 N–H and O–H groups in total. The predicted octanol–water partition coefficient (Wildman–Crippen LogP) is 2.70. The van der Waals surface area contributed by atoms with E-state index in [0.717, 1.165) is 25.7 Å². The van der Waals surface area contributed by atoms with E-state index in [1.54, 1.807) is 0 Å². The standard InChI is InChI=1S/C21H30ClN3O4S/c22-17-9-11-19(12-10-17)30(28,29)25-13-5-6-16(15-25)21(27)23-14-20(26)24-18-7-3-1-2-4-8-18/h9-12,16,18H,1-8,13-15H2,(H,23,27)(H,24,26)/t16-/m1/s1. The number of nitrogens with one attached hydrogen (secondary N) is 2. The lowest BCUT2D eigenvalue weighted by atomic mass is 9.99. The number of amides is 2. The summed E-state index contributed by atoms with van der Waals surface area (Å²) in [7, 11) is -3.68. The Morgan fingerprint density at radius 2 is 1.67 bits per heavy atom. The molecule has 1 saturated heterocycles. The van der Waals surface area contributed by atoms with Crippen LogP contribution in [-0.2, 0) is 19.6 Å². The summed E-state index contributed by atoms with van der Waals surface area (Å²) in [5.74, 6) is -0.926. The second-order valence-corrected chi connectivity index (χ2v) is 10.5. The van der Waals surface area contributed by atoms with Crippen LogP contribution >= 0.6 is 11.6 Å². The van der Waals surface area contributed by atoms with Gasteiger partial charge in [0.05, 0.1) is 17.4 Å². The summed E-state index contributed by atoms with van der Waals surface area (Å²) >= 11 is 5.85. The van der Waals surface area contributed by atoms with Crippen molar-refractivity contribution in [2.24, 2.45) is 5.92 Å². The Hall–Kier alpha value is -1.64. The highest BCUT2D eigenvalue weighted by Gasteiger charge is 2.33. The first kappa shape index (κ1) is 23.0. The van der Waals surface area contributed by atoms with E-state index in [1.165, 1.54) is 41.4 Å². The molecular weight excluding hydrogens is 426 g/mol. The van der Waals surface area contributed by atoms with Crippen molar-refractivity contribution < 1.29 is 18.0 Å². The second kappa shape index (κ2) is 10.6. The first-order chi connectivity index (χ1) is 14.4. The number of piperidine rings is 1. The molecule has 3 rings (SSSR count). The number of benzene rings is 1. The number of sulfonamides is 1. The average Bonchev–Trinajstić information content (AvgIpc) is 3.01. The van der Waals surface area contributed by atoms with Gasteiger partial charge in [0.1, 0.15) is 0 Å². The van der Waals surface area contributed by atoms with Gasteiger partial charge >= 0.3 is 0 Å². The fourth-order valence-corrected chi connectivity index (χ4v) is 5.79. The number of halogens is 1. The van der Waals surface area contributed by atoms with Crippen molar-refractivity contribution in [2.75, 3.05) is 19.6 Å². The molecule has 7 nitrogen and oxygen atoms in total. The van der Waals surface area contributed by atoms with Crippen LogP contribution in [0.1, 0.15) is 51.4 Å². The van der Waals surface area contributed by atoms with Crippen molar-refractivity contribution in [3.8, 4) is 0 Å². The molecule has 2 amide bonds. The number of nitrogens with zero attached hydrogens (tertiary/aromatic N) is 1. The van der Waals surface area contributed by atoms with E-state index in [-0.39, 0.29) is 35.8 Å². The third-order valence-electron chi connectivity index (χ3n) is 5.85. The molecule has 30 heavy (non-hydrogen) atoms. The quantitative estimate of drug-likeness (QED) is 0.644. The van der Waals surface area contributed by atoms with Gasteiger partial charge in [-0.3, -0.25) is 9.59 Å². The minimum Gasteiger partial charge on any atom is -0.352 e. The number of hydrogen-bond donors (Lipinski definition) is 2. The fourth-order valence-electron chi connectivity index (χ4n) is 4.14. The lowest BCUT2D eigenvalue weighted by Gasteiger charge is -2.31. The zero-order valence-electron chi connectivity index (χ0n) is 17.1. The molecule has 0 spiro atoms. The van der Waals surface area contributed by atoms with Gasteiger partial charge in [0.15, 0.2) is 0 Å². The molecule has 0 radical (unpaired) electrons. The van der Waals surface area contributed by atoms with Crippen LogP contribution in [0, 0.1) is 5.92 Å². The summed E-state index contributed by atoms with van der Waals surface area (Å²) in [5, 5.41) is 6.16. The van der Waals surface area contributed by atoms with Gasteiger partial charge in [-0.1, -0.05) is 37.3 Å². The minimum atomic E-state index is -3.68.